The van der Waals surface area contributed by atoms with E-state index >= 15 is 0 Å². The first-order valence-electron chi connectivity index (χ1n) is 9.80. The summed E-state index contributed by atoms with van der Waals surface area (Å²) in [4.78, 5) is 28.1. The van der Waals surface area contributed by atoms with Crippen LogP contribution in [-0.2, 0) is 0 Å². The minimum Gasteiger partial charge on any atom is -0.487 e. The summed E-state index contributed by atoms with van der Waals surface area (Å²) < 4.78 is 26.1. The third-order valence-electron chi connectivity index (χ3n) is 5.47. The second-order valence-electron chi connectivity index (χ2n) is 7.55. The van der Waals surface area contributed by atoms with Gasteiger partial charge in [-0.2, -0.15) is 0 Å². The van der Waals surface area contributed by atoms with Crippen molar-refractivity contribution in [2.75, 3.05) is 44.7 Å². The van der Waals surface area contributed by atoms with Crippen LogP contribution < -0.4 is 15.1 Å². The number of anilines is 1. The van der Waals surface area contributed by atoms with Gasteiger partial charge in [-0.3, -0.25) is 4.79 Å². The van der Waals surface area contributed by atoms with Crippen LogP contribution in [0.5, 0.6) is 5.75 Å². The van der Waals surface area contributed by atoms with Gasteiger partial charge in [0.15, 0.2) is 11.6 Å². The molecule has 5 rings (SSSR count). The number of nitrogens with zero attached hydrogens (tertiary/aromatic N) is 5. The number of benzene rings is 1. The van der Waals surface area contributed by atoms with E-state index < -0.39 is 17.2 Å². The molecule has 0 amide bonds. The maximum atomic E-state index is 15.0. The Hall–Kier alpha value is -3.05. The molecule has 0 radical (unpaired) electrons. The topological polar surface area (TPSA) is 101 Å². The molecule has 1 fully saturated rings. The number of piperazine rings is 1. The van der Waals surface area contributed by atoms with E-state index in [0.29, 0.717) is 30.0 Å². The number of hydrogen-bond acceptors (Lipinski definition) is 8. The molecule has 31 heavy (non-hydrogen) atoms. The van der Waals surface area contributed by atoms with Gasteiger partial charge in [0.05, 0.1) is 23.1 Å². The van der Waals surface area contributed by atoms with Crippen molar-refractivity contribution in [1.29, 1.82) is 0 Å². The molecule has 11 heteroatoms. The van der Waals surface area contributed by atoms with Gasteiger partial charge in [0.1, 0.15) is 17.9 Å². The molecule has 0 bridgehead atoms. The second-order valence-corrected chi connectivity index (χ2v) is 8.20. The minimum atomic E-state index is -1.32. The standard InChI is InChI=1S/C18H20FN3O4.C2H2N2S/c1-10-9-26-17-14-11(16(23)12(18(24)25)8-22(10)14)7-13(19)15(17)21-5-3-20(2)4-6-21;1-2-5-4-3-1/h7-8,10H,3-6,9H2,1-2H3,(H,24,25);1-2H. The zero-order valence-electron chi connectivity index (χ0n) is 17.1. The Morgan fingerprint density at radius 1 is 1.32 bits per heavy atom. The van der Waals surface area contributed by atoms with Gasteiger partial charge in [-0.1, -0.05) is 4.49 Å². The van der Waals surface area contributed by atoms with Crippen molar-refractivity contribution in [3.63, 3.8) is 0 Å². The van der Waals surface area contributed by atoms with Gasteiger partial charge in [-0.05, 0) is 31.6 Å². The monoisotopic (exact) mass is 447 g/mol. The Kier molecular flexibility index (Phi) is 5.88. The smallest absolute Gasteiger partial charge is 0.341 e. The largest absolute Gasteiger partial charge is 0.487 e. The van der Waals surface area contributed by atoms with Gasteiger partial charge in [-0.15, -0.1) is 5.10 Å². The number of pyridine rings is 1. The summed E-state index contributed by atoms with van der Waals surface area (Å²) in [7, 11) is 2.02. The van der Waals surface area contributed by atoms with Crippen molar-refractivity contribution >= 4 is 34.1 Å². The third-order valence-corrected chi connectivity index (χ3v) is 5.91. The molecule has 164 valence electrons. The predicted molar refractivity (Wildman–Crippen MR) is 115 cm³/mol. The average Bonchev–Trinajstić information content (AvgIpc) is 3.33. The number of ether oxygens (including phenoxy) is 1. The van der Waals surface area contributed by atoms with E-state index in [4.69, 9.17) is 4.74 Å². The summed E-state index contributed by atoms with van der Waals surface area (Å²) in [6.07, 6.45) is 3.00. The molecule has 1 saturated heterocycles. The van der Waals surface area contributed by atoms with Crippen molar-refractivity contribution in [1.82, 2.24) is 19.1 Å². The molecule has 2 aromatic heterocycles. The molecule has 2 aliphatic heterocycles. The molecule has 0 saturated carbocycles. The van der Waals surface area contributed by atoms with Crippen LogP contribution in [0.25, 0.3) is 10.9 Å². The molecule has 2 aliphatic rings. The van der Waals surface area contributed by atoms with E-state index in [9.17, 15) is 19.1 Å². The number of carboxylic acid groups (broad SMARTS) is 1. The third kappa shape index (κ3) is 3.98. The number of carbonyl (C=O) groups is 1. The molecule has 4 heterocycles. The SMILES string of the molecule is CC1COc2c(N3CCN(C)CC3)c(F)cc3c(=O)c(C(=O)O)cn1c23.c1csnn1. The lowest BCUT2D eigenvalue weighted by Gasteiger charge is -2.37. The average molecular weight is 447 g/mol. The van der Waals surface area contributed by atoms with E-state index in [-0.39, 0.29) is 23.6 Å². The summed E-state index contributed by atoms with van der Waals surface area (Å²) in [6.45, 7) is 5.08. The number of aromatic nitrogens is 3. The molecule has 0 aliphatic carbocycles. The van der Waals surface area contributed by atoms with Gasteiger partial charge in [-0.25, -0.2) is 9.18 Å². The van der Waals surface area contributed by atoms with Crippen LogP contribution in [0.15, 0.2) is 28.6 Å². The highest BCUT2D eigenvalue weighted by Gasteiger charge is 2.30. The minimum absolute atomic E-state index is 0.0434. The lowest BCUT2D eigenvalue weighted by molar-refractivity contribution is 0.0694. The highest BCUT2D eigenvalue weighted by atomic mass is 32.1. The van der Waals surface area contributed by atoms with Crippen molar-refractivity contribution < 1.29 is 19.0 Å². The van der Waals surface area contributed by atoms with E-state index in [1.54, 1.807) is 10.8 Å². The Bertz CT molecular complexity index is 1140. The molecular weight excluding hydrogens is 425 g/mol. The molecule has 1 N–H and O–H groups in total. The van der Waals surface area contributed by atoms with Crippen molar-refractivity contribution in [2.45, 2.75) is 13.0 Å². The first-order chi connectivity index (χ1) is 14.9. The number of likely N-dealkylation sites (N-methyl/N-ethyl adjacent to an activating group) is 1. The van der Waals surface area contributed by atoms with Crippen LogP contribution in [0, 0.1) is 5.82 Å². The van der Waals surface area contributed by atoms with E-state index in [1.807, 2.05) is 24.3 Å². The van der Waals surface area contributed by atoms with Crippen LogP contribution in [0.3, 0.4) is 0 Å². The first-order valence-corrected chi connectivity index (χ1v) is 10.6. The van der Waals surface area contributed by atoms with Gasteiger partial charge in [0.25, 0.3) is 0 Å². The molecule has 0 spiro atoms. The molecule has 1 unspecified atom stereocenters. The van der Waals surface area contributed by atoms with Crippen molar-refractivity contribution in [3.05, 3.63) is 45.4 Å². The maximum absolute atomic E-state index is 15.0. The highest BCUT2D eigenvalue weighted by molar-refractivity contribution is 7.03. The van der Waals surface area contributed by atoms with Crippen molar-refractivity contribution in [3.8, 4) is 5.75 Å². The quantitative estimate of drug-likeness (QED) is 0.637. The summed E-state index contributed by atoms with van der Waals surface area (Å²) >= 11 is 1.35. The van der Waals surface area contributed by atoms with Crippen LogP contribution in [-0.4, -0.2) is 70.0 Å². The summed E-state index contributed by atoms with van der Waals surface area (Å²) in [6, 6.07) is 0.994. The van der Waals surface area contributed by atoms with E-state index in [2.05, 4.69) is 14.5 Å². The molecule has 3 aromatic rings. The predicted octanol–water partition coefficient (Wildman–Crippen LogP) is 2.08. The summed E-state index contributed by atoms with van der Waals surface area (Å²) in [5.74, 6) is -1.54. The van der Waals surface area contributed by atoms with Crippen LogP contribution in [0.1, 0.15) is 23.3 Å². The van der Waals surface area contributed by atoms with Gasteiger partial charge in [0, 0.05) is 37.8 Å². The Morgan fingerprint density at radius 2 is 2.06 bits per heavy atom. The van der Waals surface area contributed by atoms with Gasteiger partial charge >= 0.3 is 5.97 Å². The number of aromatic carboxylic acids is 1. The number of carboxylic acids is 1. The van der Waals surface area contributed by atoms with E-state index in [1.165, 1.54) is 17.7 Å². The molecule has 9 nitrogen and oxygen atoms in total. The number of halogens is 1. The van der Waals surface area contributed by atoms with E-state index in [0.717, 1.165) is 19.2 Å². The number of hydrogen-bond donors (Lipinski definition) is 1. The second kappa shape index (κ2) is 8.60. The lowest BCUT2D eigenvalue weighted by atomic mass is 10.1. The zero-order chi connectivity index (χ0) is 22.1. The fraction of sp³-hybridized carbons (Fsp3) is 0.400. The van der Waals surface area contributed by atoms with Crippen LogP contribution >= 0.6 is 11.5 Å². The Labute approximate surface area is 181 Å². The van der Waals surface area contributed by atoms with Gasteiger partial charge < -0.3 is 24.2 Å². The maximum Gasteiger partial charge on any atom is 0.341 e. The lowest BCUT2D eigenvalue weighted by Crippen LogP contribution is -2.45. The summed E-state index contributed by atoms with van der Waals surface area (Å²) in [5, 5.41) is 14.7. The Balaban J connectivity index is 0.000000407. The molecule has 1 atom stereocenters. The van der Waals surface area contributed by atoms with Crippen molar-refractivity contribution in [2.24, 2.45) is 0 Å². The fourth-order valence-electron chi connectivity index (χ4n) is 3.82. The van der Waals surface area contributed by atoms with Gasteiger partial charge in [0.2, 0.25) is 5.43 Å². The van der Waals surface area contributed by atoms with Crippen LogP contribution in [0.4, 0.5) is 10.1 Å². The number of rotatable bonds is 2. The molecular formula is C20H22FN5O4S. The first kappa shape index (κ1) is 21.2. The zero-order valence-corrected chi connectivity index (χ0v) is 17.9. The fourth-order valence-corrected chi connectivity index (χ4v) is 4.10. The Morgan fingerprint density at radius 3 is 2.65 bits per heavy atom. The summed E-state index contributed by atoms with van der Waals surface area (Å²) in [5.41, 5.74) is -0.224. The van der Waals surface area contributed by atoms with Crippen LogP contribution in [0.2, 0.25) is 0 Å². The highest BCUT2D eigenvalue weighted by Crippen LogP contribution is 2.42. The molecule has 1 aromatic carbocycles. The normalized spacial score (nSPS) is 18.3.